The van der Waals surface area contributed by atoms with Gasteiger partial charge in [-0.05, 0) is 25.2 Å². The van der Waals surface area contributed by atoms with E-state index in [0.717, 1.165) is 0 Å². The Morgan fingerprint density at radius 3 is 2.40 bits per heavy atom. The molecule has 0 unspecified atom stereocenters. The van der Waals surface area contributed by atoms with E-state index >= 15 is 0 Å². The molecule has 1 heterocycles. The van der Waals surface area contributed by atoms with Gasteiger partial charge in [-0.2, -0.15) is 0 Å². The van der Waals surface area contributed by atoms with Crippen LogP contribution in [-0.4, -0.2) is 12.2 Å². The summed E-state index contributed by atoms with van der Waals surface area (Å²) in [5.41, 5.74) is 0. The van der Waals surface area contributed by atoms with Gasteiger partial charge >= 0.3 is 0 Å². The summed E-state index contributed by atoms with van der Waals surface area (Å²) >= 11 is 0. The summed E-state index contributed by atoms with van der Waals surface area (Å²) in [6.45, 7) is 6.68. The van der Waals surface area contributed by atoms with Gasteiger partial charge in [0.2, 0.25) is 0 Å². The van der Waals surface area contributed by atoms with Gasteiger partial charge in [-0.25, -0.2) is 0 Å². The quantitative estimate of drug-likeness (QED) is 0.576. The van der Waals surface area contributed by atoms with Crippen molar-refractivity contribution in [1.29, 1.82) is 0 Å². The zero-order chi connectivity index (χ0) is 7.56. The molecule has 1 rings (SSSR count). The van der Waals surface area contributed by atoms with E-state index in [0.29, 0.717) is 18.1 Å². The summed E-state index contributed by atoms with van der Waals surface area (Å²) in [6, 6.07) is 0. The third kappa shape index (κ3) is 1.72. The van der Waals surface area contributed by atoms with E-state index in [4.69, 9.17) is 4.74 Å². The molecule has 0 saturated carbocycles. The van der Waals surface area contributed by atoms with Gasteiger partial charge in [0.15, 0.2) is 0 Å². The average Bonchev–Trinajstić information content (AvgIpc) is 2.34. The molecular weight excluding hydrogens is 124 g/mol. The van der Waals surface area contributed by atoms with E-state index in [1.807, 2.05) is 0 Å². The van der Waals surface area contributed by atoms with Crippen LogP contribution in [0.2, 0.25) is 0 Å². The fourth-order valence-electron chi connectivity index (χ4n) is 1.52. The highest BCUT2D eigenvalue weighted by Crippen LogP contribution is 2.26. The Morgan fingerprint density at radius 1 is 1.40 bits per heavy atom. The summed E-state index contributed by atoms with van der Waals surface area (Å²) in [6.07, 6.45) is 4.84. The number of rotatable bonds is 2. The predicted molar refractivity (Wildman–Crippen MR) is 43.0 cm³/mol. The molecule has 10 heavy (non-hydrogen) atoms. The first kappa shape index (κ1) is 8.06. The normalized spacial score (nSPS) is 33.6. The molecule has 0 radical (unpaired) electrons. The first-order valence-electron chi connectivity index (χ1n) is 4.39. The largest absolute Gasteiger partial charge is 0.375 e. The molecule has 1 saturated heterocycles. The molecule has 0 aromatic carbocycles. The van der Waals surface area contributed by atoms with Crippen molar-refractivity contribution in [3.8, 4) is 0 Å². The Balaban J connectivity index is 2.28. The maximum absolute atomic E-state index is 5.77. The molecule has 1 heteroatoms. The SMILES string of the molecule is CC[C@@H]1CC[C@H](C(C)C)O1. The minimum Gasteiger partial charge on any atom is -0.375 e. The van der Waals surface area contributed by atoms with Gasteiger partial charge in [-0.3, -0.25) is 0 Å². The van der Waals surface area contributed by atoms with Crippen LogP contribution in [0.25, 0.3) is 0 Å². The second-order valence-corrected chi connectivity index (χ2v) is 3.53. The third-order valence-electron chi connectivity index (χ3n) is 2.34. The molecule has 0 aromatic heterocycles. The Hall–Kier alpha value is -0.0400. The zero-order valence-electron chi connectivity index (χ0n) is 7.26. The highest BCUT2D eigenvalue weighted by Gasteiger charge is 2.25. The molecule has 0 N–H and O–H groups in total. The van der Waals surface area contributed by atoms with Crippen LogP contribution >= 0.6 is 0 Å². The van der Waals surface area contributed by atoms with Gasteiger partial charge in [-0.15, -0.1) is 0 Å². The van der Waals surface area contributed by atoms with Crippen molar-refractivity contribution < 1.29 is 4.74 Å². The molecule has 0 spiro atoms. The first-order chi connectivity index (χ1) is 4.74. The average molecular weight is 142 g/mol. The summed E-state index contributed by atoms with van der Waals surface area (Å²) in [5.74, 6) is 0.705. The molecular formula is C9H18O. The van der Waals surface area contributed by atoms with Gasteiger partial charge in [0, 0.05) is 0 Å². The zero-order valence-corrected chi connectivity index (χ0v) is 7.26. The van der Waals surface area contributed by atoms with Gasteiger partial charge in [0.05, 0.1) is 12.2 Å². The third-order valence-corrected chi connectivity index (χ3v) is 2.34. The van der Waals surface area contributed by atoms with E-state index in [9.17, 15) is 0 Å². The fourth-order valence-corrected chi connectivity index (χ4v) is 1.52. The van der Waals surface area contributed by atoms with Gasteiger partial charge < -0.3 is 4.74 Å². The van der Waals surface area contributed by atoms with Crippen LogP contribution in [-0.2, 0) is 4.74 Å². The molecule has 0 aliphatic carbocycles. The lowest BCUT2D eigenvalue weighted by Crippen LogP contribution is -2.15. The molecule has 2 atom stereocenters. The second-order valence-electron chi connectivity index (χ2n) is 3.53. The van der Waals surface area contributed by atoms with Crippen LogP contribution in [0.3, 0.4) is 0 Å². The number of hydrogen-bond donors (Lipinski definition) is 0. The minimum absolute atomic E-state index is 0.546. The molecule has 60 valence electrons. The predicted octanol–water partition coefficient (Wildman–Crippen LogP) is 2.60. The molecule has 0 aromatic rings. The second kappa shape index (κ2) is 3.38. The van der Waals surface area contributed by atoms with E-state index < -0.39 is 0 Å². The molecule has 1 nitrogen and oxygen atoms in total. The maximum Gasteiger partial charge on any atom is 0.0602 e. The Bertz CT molecular complexity index is 98.9. The van der Waals surface area contributed by atoms with Crippen molar-refractivity contribution >= 4 is 0 Å². The first-order valence-corrected chi connectivity index (χ1v) is 4.39. The van der Waals surface area contributed by atoms with Crippen LogP contribution in [0.1, 0.15) is 40.0 Å². The highest BCUT2D eigenvalue weighted by molar-refractivity contribution is 4.74. The molecule has 1 fully saturated rings. The van der Waals surface area contributed by atoms with Gasteiger partial charge in [-0.1, -0.05) is 20.8 Å². The van der Waals surface area contributed by atoms with Gasteiger partial charge in [0.1, 0.15) is 0 Å². The Kier molecular flexibility index (Phi) is 2.72. The highest BCUT2D eigenvalue weighted by atomic mass is 16.5. The molecule has 1 aliphatic heterocycles. The smallest absolute Gasteiger partial charge is 0.0602 e. The van der Waals surface area contributed by atoms with Gasteiger partial charge in [0.25, 0.3) is 0 Å². The van der Waals surface area contributed by atoms with E-state index in [1.54, 1.807) is 0 Å². The lowest BCUT2D eigenvalue weighted by molar-refractivity contribution is 0.0182. The number of ether oxygens (including phenoxy) is 1. The van der Waals surface area contributed by atoms with Crippen molar-refractivity contribution in [3.63, 3.8) is 0 Å². The van der Waals surface area contributed by atoms with Crippen LogP contribution < -0.4 is 0 Å². The molecule has 0 amide bonds. The van der Waals surface area contributed by atoms with Crippen LogP contribution in [0, 0.1) is 5.92 Å². The van der Waals surface area contributed by atoms with Crippen molar-refractivity contribution in [2.75, 3.05) is 0 Å². The topological polar surface area (TPSA) is 9.23 Å². The van der Waals surface area contributed by atoms with E-state index in [2.05, 4.69) is 20.8 Å². The lowest BCUT2D eigenvalue weighted by atomic mass is 10.0. The standard InChI is InChI=1S/C9H18O/c1-4-8-5-6-9(10-8)7(2)3/h7-9H,4-6H2,1-3H3/t8-,9-/m1/s1. The molecule has 0 bridgehead atoms. The van der Waals surface area contributed by atoms with E-state index in [-0.39, 0.29) is 0 Å². The summed E-state index contributed by atoms with van der Waals surface area (Å²) < 4.78 is 5.77. The van der Waals surface area contributed by atoms with Crippen LogP contribution in [0.15, 0.2) is 0 Å². The Morgan fingerprint density at radius 2 is 2.10 bits per heavy atom. The maximum atomic E-state index is 5.77. The van der Waals surface area contributed by atoms with Crippen molar-refractivity contribution in [2.24, 2.45) is 5.92 Å². The lowest BCUT2D eigenvalue weighted by Gasteiger charge is -2.15. The fraction of sp³-hybridized carbons (Fsp3) is 1.00. The number of hydrogen-bond acceptors (Lipinski definition) is 1. The van der Waals surface area contributed by atoms with E-state index in [1.165, 1.54) is 19.3 Å². The summed E-state index contributed by atoms with van der Waals surface area (Å²) in [5, 5.41) is 0. The van der Waals surface area contributed by atoms with Crippen molar-refractivity contribution in [1.82, 2.24) is 0 Å². The van der Waals surface area contributed by atoms with Crippen molar-refractivity contribution in [2.45, 2.75) is 52.2 Å². The Labute approximate surface area is 63.8 Å². The van der Waals surface area contributed by atoms with Crippen molar-refractivity contribution in [3.05, 3.63) is 0 Å². The minimum atomic E-state index is 0.546. The summed E-state index contributed by atoms with van der Waals surface area (Å²) in [7, 11) is 0. The monoisotopic (exact) mass is 142 g/mol. The van der Waals surface area contributed by atoms with Crippen LogP contribution in [0.5, 0.6) is 0 Å². The molecule has 1 aliphatic rings. The summed E-state index contributed by atoms with van der Waals surface area (Å²) in [4.78, 5) is 0. The van der Waals surface area contributed by atoms with Crippen LogP contribution in [0.4, 0.5) is 0 Å².